The van der Waals surface area contributed by atoms with Gasteiger partial charge in [0, 0.05) is 31.7 Å². The summed E-state index contributed by atoms with van der Waals surface area (Å²) < 4.78 is 14.3. The molecule has 0 radical (unpaired) electrons. The average molecular weight is 417 g/mol. The Kier molecular flexibility index (Phi) is 5.17. The minimum absolute atomic E-state index is 0.00748. The van der Waals surface area contributed by atoms with E-state index in [1.165, 1.54) is 0 Å². The monoisotopic (exact) mass is 417 g/mol. The maximum Gasteiger partial charge on any atom is 0.166 e. The third-order valence-electron chi connectivity index (χ3n) is 5.22. The summed E-state index contributed by atoms with van der Waals surface area (Å²) in [5.41, 5.74) is 1.64. The smallest absolute Gasteiger partial charge is 0.166 e. The SMILES string of the molecule is CN(C)/C=N/c1ncnc2c1ccn2[C@H]1CC[C@@H](COc2ccc3ccnnc3c2)O1. The molecule has 0 unspecified atom stereocenters. The number of nitrogens with zero attached hydrogens (tertiary/aromatic N) is 7. The Morgan fingerprint density at radius 3 is 3.06 bits per heavy atom. The van der Waals surface area contributed by atoms with Gasteiger partial charge >= 0.3 is 0 Å². The highest BCUT2D eigenvalue weighted by Crippen LogP contribution is 2.33. The second-order valence-electron chi connectivity index (χ2n) is 7.72. The van der Waals surface area contributed by atoms with E-state index in [1.807, 2.05) is 55.5 Å². The highest BCUT2D eigenvalue weighted by molar-refractivity contribution is 5.87. The highest BCUT2D eigenvalue weighted by atomic mass is 16.6. The summed E-state index contributed by atoms with van der Waals surface area (Å²) in [5.74, 6) is 1.41. The number of ether oxygens (including phenoxy) is 2. The Morgan fingerprint density at radius 1 is 1.23 bits per heavy atom. The lowest BCUT2D eigenvalue weighted by atomic mass is 10.2. The van der Waals surface area contributed by atoms with Gasteiger partial charge in [-0.3, -0.25) is 0 Å². The summed E-state index contributed by atoms with van der Waals surface area (Å²) >= 11 is 0. The first-order chi connectivity index (χ1) is 15.2. The van der Waals surface area contributed by atoms with E-state index < -0.39 is 0 Å². The van der Waals surface area contributed by atoms with Crippen LogP contribution >= 0.6 is 0 Å². The van der Waals surface area contributed by atoms with Crippen LogP contribution in [0.2, 0.25) is 0 Å². The van der Waals surface area contributed by atoms with Crippen LogP contribution in [-0.4, -0.2) is 62.8 Å². The van der Waals surface area contributed by atoms with Crippen LogP contribution in [0.3, 0.4) is 0 Å². The van der Waals surface area contributed by atoms with Crippen molar-refractivity contribution in [2.45, 2.75) is 25.2 Å². The van der Waals surface area contributed by atoms with E-state index in [2.05, 4.69) is 29.7 Å². The second kappa shape index (κ2) is 8.27. The number of aliphatic imine (C=N–C) groups is 1. The summed E-state index contributed by atoms with van der Waals surface area (Å²) in [6.07, 6.45) is 8.67. The third kappa shape index (κ3) is 4.04. The van der Waals surface area contributed by atoms with Crippen LogP contribution in [0.15, 0.2) is 54.0 Å². The lowest BCUT2D eigenvalue weighted by molar-refractivity contribution is -0.0156. The van der Waals surface area contributed by atoms with Crippen LogP contribution in [0.1, 0.15) is 19.1 Å². The molecule has 1 saturated heterocycles. The van der Waals surface area contributed by atoms with Gasteiger partial charge in [-0.1, -0.05) is 0 Å². The molecular formula is C22H23N7O2. The molecule has 9 nitrogen and oxygen atoms in total. The maximum atomic E-state index is 6.26. The lowest BCUT2D eigenvalue weighted by Gasteiger charge is -2.16. The molecule has 1 aliphatic rings. The average Bonchev–Trinajstić information content (AvgIpc) is 3.43. The van der Waals surface area contributed by atoms with Crippen molar-refractivity contribution in [1.82, 2.24) is 29.6 Å². The first-order valence-corrected chi connectivity index (χ1v) is 10.2. The van der Waals surface area contributed by atoms with Crippen LogP contribution in [0.5, 0.6) is 5.75 Å². The second-order valence-corrected chi connectivity index (χ2v) is 7.72. The molecule has 0 amide bonds. The number of rotatable bonds is 6. The van der Waals surface area contributed by atoms with Crippen LogP contribution in [0.4, 0.5) is 5.82 Å². The highest BCUT2D eigenvalue weighted by Gasteiger charge is 2.28. The molecule has 31 heavy (non-hydrogen) atoms. The molecule has 4 heterocycles. The van der Waals surface area contributed by atoms with Gasteiger partial charge in [0.25, 0.3) is 0 Å². The van der Waals surface area contributed by atoms with Crippen molar-refractivity contribution in [2.75, 3.05) is 20.7 Å². The van der Waals surface area contributed by atoms with Gasteiger partial charge in [-0.05, 0) is 37.1 Å². The fourth-order valence-corrected chi connectivity index (χ4v) is 3.72. The third-order valence-corrected chi connectivity index (χ3v) is 5.22. The zero-order valence-electron chi connectivity index (χ0n) is 17.4. The normalized spacial score (nSPS) is 18.9. The van der Waals surface area contributed by atoms with Crippen molar-refractivity contribution in [3.63, 3.8) is 0 Å². The molecule has 0 spiro atoms. The van der Waals surface area contributed by atoms with Gasteiger partial charge in [0.05, 0.1) is 29.5 Å². The van der Waals surface area contributed by atoms with E-state index in [0.29, 0.717) is 12.4 Å². The zero-order valence-corrected chi connectivity index (χ0v) is 17.4. The summed E-state index contributed by atoms with van der Waals surface area (Å²) in [6, 6.07) is 9.75. The number of fused-ring (bicyclic) bond motifs is 2. The molecule has 2 atom stereocenters. The fraction of sp³-hybridized carbons (Fsp3) is 0.318. The van der Waals surface area contributed by atoms with E-state index >= 15 is 0 Å². The van der Waals surface area contributed by atoms with Crippen molar-refractivity contribution < 1.29 is 9.47 Å². The Bertz CT molecular complexity index is 1240. The molecule has 4 aromatic rings. The summed E-state index contributed by atoms with van der Waals surface area (Å²) in [4.78, 5) is 15.1. The van der Waals surface area contributed by atoms with Gasteiger partial charge < -0.3 is 18.9 Å². The molecule has 5 rings (SSSR count). The maximum absolute atomic E-state index is 6.26. The predicted molar refractivity (Wildman–Crippen MR) is 118 cm³/mol. The van der Waals surface area contributed by atoms with E-state index in [4.69, 9.17) is 9.47 Å². The number of hydrogen-bond acceptors (Lipinski definition) is 7. The summed E-state index contributed by atoms with van der Waals surface area (Å²) in [7, 11) is 3.85. The van der Waals surface area contributed by atoms with E-state index in [-0.39, 0.29) is 12.3 Å². The number of hydrogen-bond donors (Lipinski definition) is 0. The number of aromatic nitrogens is 5. The molecule has 1 aliphatic heterocycles. The van der Waals surface area contributed by atoms with Gasteiger partial charge in [-0.2, -0.15) is 10.2 Å². The molecule has 158 valence electrons. The van der Waals surface area contributed by atoms with E-state index in [0.717, 1.165) is 40.5 Å². The zero-order chi connectivity index (χ0) is 21.2. The van der Waals surface area contributed by atoms with Crippen molar-refractivity contribution >= 4 is 34.1 Å². The Morgan fingerprint density at radius 2 is 2.16 bits per heavy atom. The largest absolute Gasteiger partial charge is 0.491 e. The Hall–Kier alpha value is -3.59. The minimum Gasteiger partial charge on any atom is -0.491 e. The first-order valence-electron chi connectivity index (χ1n) is 10.2. The quantitative estimate of drug-likeness (QED) is 0.351. The topological polar surface area (TPSA) is 90.6 Å². The van der Waals surface area contributed by atoms with Gasteiger partial charge in [-0.15, -0.1) is 0 Å². The van der Waals surface area contributed by atoms with Crippen molar-refractivity contribution in [1.29, 1.82) is 0 Å². The van der Waals surface area contributed by atoms with Gasteiger partial charge in [-0.25, -0.2) is 15.0 Å². The summed E-state index contributed by atoms with van der Waals surface area (Å²) in [6.45, 7) is 0.481. The molecule has 0 saturated carbocycles. The predicted octanol–water partition coefficient (Wildman–Crippen LogP) is 3.35. The Labute approximate surface area is 179 Å². The fourth-order valence-electron chi connectivity index (χ4n) is 3.72. The molecule has 1 fully saturated rings. The van der Waals surface area contributed by atoms with Crippen molar-refractivity contribution in [3.8, 4) is 5.75 Å². The first kappa shape index (κ1) is 19.4. The summed E-state index contributed by atoms with van der Waals surface area (Å²) in [5, 5.41) is 10.0. The Balaban J connectivity index is 1.27. The van der Waals surface area contributed by atoms with Crippen LogP contribution < -0.4 is 4.74 Å². The van der Waals surface area contributed by atoms with Crippen molar-refractivity contribution in [2.24, 2.45) is 4.99 Å². The molecule has 0 N–H and O–H groups in total. The van der Waals surface area contributed by atoms with Crippen LogP contribution in [0.25, 0.3) is 21.9 Å². The minimum atomic E-state index is -0.0888. The van der Waals surface area contributed by atoms with Crippen molar-refractivity contribution in [3.05, 3.63) is 49.1 Å². The van der Waals surface area contributed by atoms with Crippen LogP contribution in [0, 0.1) is 0 Å². The molecule has 3 aromatic heterocycles. The van der Waals surface area contributed by atoms with Crippen LogP contribution in [-0.2, 0) is 4.74 Å². The number of benzene rings is 1. The van der Waals surface area contributed by atoms with Gasteiger partial charge in [0.2, 0.25) is 0 Å². The van der Waals surface area contributed by atoms with E-state index in [9.17, 15) is 0 Å². The molecule has 9 heteroatoms. The standard InChI is InChI=1S/C22H23N7O2/c1-28(2)14-25-21-18-8-10-29(22(18)24-13-23-21)20-6-5-17(31-20)12-30-16-4-3-15-7-9-26-27-19(15)11-16/h3-4,7-11,13-14,17,20H,5-6,12H2,1-2H3/b25-14+/t17-,20+/m0/s1. The van der Waals surface area contributed by atoms with Gasteiger partial charge in [0.1, 0.15) is 30.6 Å². The molecule has 0 bridgehead atoms. The lowest BCUT2D eigenvalue weighted by Crippen LogP contribution is -2.18. The molecule has 1 aromatic carbocycles. The van der Waals surface area contributed by atoms with Gasteiger partial charge in [0.15, 0.2) is 5.82 Å². The van der Waals surface area contributed by atoms with E-state index in [1.54, 1.807) is 18.9 Å². The molecular weight excluding hydrogens is 394 g/mol. The molecule has 0 aliphatic carbocycles.